The summed E-state index contributed by atoms with van der Waals surface area (Å²) in [6, 6.07) is 4.62. The van der Waals surface area contributed by atoms with Crippen molar-refractivity contribution in [2.24, 2.45) is 0 Å². The fourth-order valence-corrected chi connectivity index (χ4v) is 1.44. The van der Waals surface area contributed by atoms with Crippen LogP contribution in [0.1, 0.15) is 32.8 Å². The van der Waals surface area contributed by atoms with E-state index in [0.717, 1.165) is 5.56 Å². The van der Waals surface area contributed by atoms with Crippen LogP contribution in [0.15, 0.2) is 24.3 Å². The molecule has 0 unspecified atom stereocenters. The zero-order valence-electron chi connectivity index (χ0n) is 12.1. The Kier molecular flexibility index (Phi) is 5.55. The number of hydrogen-bond donors (Lipinski definition) is 2. The lowest BCUT2D eigenvalue weighted by Gasteiger charge is -2.19. The largest absolute Gasteiger partial charge is 0.444 e. The van der Waals surface area contributed by atoms with Crippen molar-refractivity contribution in [3.8, 4) is 0 Å². The van der Waals surface area contributed by atoms with Gasteiger partial charge < -0.3 is 15.8 Å². The number of rotatable bonds is 4. The molecule has 4 nitrogen and oxygen atoms in total. The van der Waals surface area contributed by atoms with Crippen LogP contribution in [0.25, 0.3) is 6.08 Å². The molecule has 3 N–H and O–H groups in total. The molecular formula is C15H21FN2O2. The number of anilines is 1. The minimum absolute atomic E-state index is 0.133. The van der Waals surface area contributed by atoms with Gasteiger partial charge >= 0.3 is 6.09 Å². The van der Waals surface area contributed by atoms with Crippen LogP contribution in [-0.2, 0) is 4.74 Å². The highest BCUT2D eigenvalue weighted by Gasteiger charge is 2.15. The predicted molar refractivity (Wildman–Crippen MR) is 78.7 cm³/mol. The first kappa shape index (κ1) is 16.0. The summed E-state index contributed by atoms with van der Waals surface area (Å²) < 4.78 is 18.3. The molecule has 1 aromatic rings. The first-order valence-corrected chi connectivity index (χ1v) is 6.46. The zero-order valence-corrected chi connectivity index (χ0v) is 12.1. The SMILES string of the molecule is CC(C)(C)OC(=O)NCCC=Cc1ccc(N)c(F)c1. The van der Waals surface area contributed by atoms with Gasteiger partial charge in [-0.1, -0.05) is 18.2 Å². The standard InChI is InChI=1S/C15H21FN2O2/c1-15(2,3)20-14(19)18-9-5-4-6-11-7-8-13(17)12(16)10-11/h4,6-8,10H,5,9,17H2,1-3H3,(H,18,19). The van der Waals surface area contributed by atoms with Gasteiger partial charge in [-0.2, -0.15) is 0 Å². The van der Waals surface area contributed by atoms with E-state index in [2.05, 4.69) is 5.32 Å². The van der Waals surface area contributed by atoms with E-state index in [1.54, 1.807) is 12.1 Å². The maximum absolute atomic E-state index is 13.2. The van der Waals surface area contributed by atoms with Gasteiger partial charge in [-0.05, 0) is 44.9 Å². The third-order valence-electron chi connectivity index (χ3n) is 2.31. The summed E-state index contributed by atoms with van der Waals surface area (Å²) in [6.45, 7) is 5.88. The monoisotopic (exact) mass is 280 g/mol. The average Bonchev–Trinajstić information content (AvgIpc) is 2.31. The molecule has 0 spiro atoms. The van der Waals surface area contributed by atoms with E-state index in [1.165, 1.54) is 12.1 Å². The van der Waals surface area contributed by atoms with Gasteiger partial charge in [0.05, 0.1) is 5.69 Å². The third-order valence-corrected chi connectivity index (χ3v) is 2.31. The maximum Gasteiger partial charge on any atom is 0.407 e. The first-order valence-electron chi connectivity index (χ1n) is 6.46. The van der Waals surface area contributed by atoms with E-state index in [4.69, 9.17) is 10.5 Å². The van der Waals surface area contributed by atoms with E-state index in [1.807, 2.05) is 26.8 Å². The molecule has 0 aromatic heterocycles. The van der Waals surface area contributed by atoms with E-state index in [9.17, 15) is 9.18 Å². The van der Waals surface area contributed by atoms with Gasteiger partial charge in [0.2, 0.25) is 0 Å². The van der Waals surface area contributed by atoms with Gasteiger partial charge in [-0.15, -0.1) is 0 Å². The van der Waals surface area contributed by atoms with Gasteiger partial charge in [0.15, 0.2) is 0 Å². The third kappa shape index (κ3) is 6.22. The second kappa shape index (κ2) is 6.93. The second-order valence-electron chi connectivity index (χ2n) is 5.40. The Balaban J connectivity index is 2.32. The highest BCUT2D eigenvalue weighted by molar-refractivity contribution is 5.67. The normalized spacial score (nSPS) is 11.6. The molecule has 0 atom stereocenters. The Labute approximate surface area is 118 Å². The fraction of sp³-hybridized carbons (Fsp3) is 0.400. The molecule has 0 aliphatic carbocycles. The number of nitrogens with two attached hydrogens (primary N) is 1. The highest BCUT2D eigenvalue weighted by Crippen LogP contribution is 2.13. The van der Waals surface area contributed by atoms with Crippen molar-refractivity contribution in [2.45, 2.75) is 32.8 Å². The summed E-state index contributed by atoms with van der Waals surface area (Å²) in [7, 11) is 0. The molecule has 0 aliphatic heterocycles. The molecule has 0 fully saturated rings. The van der Waals surface area contributed by atoms with Crippen LogP contribution < -0.4 is 11.1 Å². The number of amides is 1. The van der Waals surface area contributed by atoms with E-state index in [0.29, 0.717) is 13.0 Å². The van der Waals surface area contributed by atoms with Gasteiger partial charge in [-0.3, -0.25) is 0 Å². The van der Waals surface area contributed by atoms with Crippen LogP contribution in [0.3, 0.4) is 0 Å². The van der Waals surface area contributed by atoms with E-state index in [-0.39, 0.29) is 5.69 Å². The number of carbonyl (C=O) groups excluding carboxylic acids is 1. The van der Waals surface area contributed by atoms with Crippen LogP contribution in [0.5, 0.6) is 0 Å². The van der Waals surface area contributed by atoms with Crippen molar-refractivity contribution in [1.82, 2.24) is 5.32 Å². The second-order valence-corrected chi connectivity index (χ2v) is 5.40. The molecule has 20 heavy (non-hydrogen) atoms. The number of nitrogen functional groups attached to an aromatic ring is 1. The Hall–Kier alpha value is -2.04. The van der Waals surface area contributed by atoms with E-state index < -0.39 is 17.5 Å². The minimum Gasteiger partial charge on any atom is -0.444 e. The van der Waals surface area contributed by atoms with Crippen LogP contribution in [-0.4, -0.2) is 18.2 Å². The fourth-order valence-electron chi connectivity index (χ4n) is 1.44. The molecule has 0 saturated heterocycles. The van der Waals surface area contributed by atoms with Crippen LogP contribution >= 0.6 is 0 Å². The summed E-state index contributed by atoms with van der Waals surface area (Å²) >= 11 is 0. The van der Waals surface area contributed by atoms with Crippen molar-refractivity contribution in [2.75, 3.05) is 12.3 Å². The van der Waals surface area contributed by atoms with Gasteiger partial charge in [0.25, 0.3) is 0 Å². The summed E-state index contributed by atoms with van der Waals surface area (Å²) in [5.41, 5.74) is 5.75. The maximum atomic E-state index is 13.2. The van der Waals surface area contributed by atoms with Crippen LogP contribution in [0, 0.1) is 5.82 Å². The number of benzene rings is 1. The number of halogens is 1. The van der Waals surface area contributed by atoms with Gasteiger partial charge in [0.1, 0.15) is 11.4 Å². The molecule has 0 radical (unpaired) electrons. The Bertz CT molecular complexity index is 493. The summed E-state index contributed by atoms with van der Waals surface area (Å²) in [5, 5.41) is 2.64. The number of ether oxygens (including phenoxy) is 1. The lowest BCUT2D eigenvalue weighted by atomic mass is 10.2. The summed E-state index contributed by atoms with van der Waals surface area (Å²) in [6.07, 6.45) is 3.82. The molecule has 5 heteroatoms. The Morgan fingerprint density at radius 3 is 2.75 bits per heavy atom. The average molecular weight is 280 g/mol. The molecule has 0 aliphatic rings. The van der Waals surface area contributed by atoms with Crippen molar-refractivity contribution in [1.29, 1.82) is 0 Å². The molecule has 1 rings (SSSR count). The number of carbonyl (C=O) groups is 1. The van der Waals surface area contributed by atoms with Gasteiger partial charge in [-0.25, -0.2) is 9.18 Å². The quantitative estimate of drug-likeness (QED) is 0.656. The zero-order chi connectivity index (χ0) is 15.2. The van der Waals surface area contributed by atoms with Crippen molar-refractivity contribution < 1.29 is 13.9 Å². The van der Waals surface area contributed by atoms with Gasteiger partial charge in [0, 0.05) is 6.54 Å². The lowest BCUT2D eigenvalue weighted by molar-refractivity contribution is 0.0529. The Morgan fingerprint density at radius 1 is 1.45 bits per heavy atom. The van der Waals surface area contributed by atoms with E-state index >= 15 is 0 Å². The smallest absolute Gasteiger partial charge is 0.407 e. The Morgan fingerprint density at radius 2 is 2.15 bits per heavy atom. The topological polar surface area (TPSA) is 64.3 Å². The lowest BCUT2D eigenvalue weighted by Crippen LogP contribution is -2.32. The van der Waals surface area contributed by atoms with Crippen molar-refractivity contribution >= 4 is 17.9 Å². The molecular weight excluding hydrogens is 259 g/mol. The molecule has 1 amide bonds. The predicted octanol–water partition coefficient (Wildman–Crippen LogP) is 3.34. The van der Waals surface area contributed by atoms with Crippen LogP contribution in [0.4, 0.5) is 14.9 Å². The highest BCUT2D eigenvalue weighted by atomic mass is 19.1. The number of alkyl carbamates (subject to hydrolysis) is 1. The number of nitrogens with one attached hydrogen (secondary N) is 1. The molecule has 0 heterocycles. The summed E-state index contributed by atoms with van der Waals surface area (Å²) in [5.74, 6) is -0.431. The number of hydrogen-bond acceptors (Lipinski definition) is 3. The molecule has 0 saturated carbocycles. The van der Waals surface area contributed by atoms with Crippen LogP contribution in [0.2, 0.25) is 0 Å². The van der Waals surface area contributed by atoms with Crippen molar-refractivity contribution in [3.05, 3.63) is 35.7 Å². The molecule has 0 bridgehead atoms. The minimum atomic E-state index is -0.499. The summed E-state index contributed by atoms with van der Waals surface area (Å²) in [4.78, 5) is 11.4. The van der Waals surface area contributed by atoms with Crippen molar-refractivity contribution in [3.63, 3.8) is 0 Å². The molecule has 1 aromatic carbocycles. The molecule has 110 valence electrons. The first-order chi connectivity index (χ1) is 9.28.